The van der Waals surface area contributed by atoms with E-state index in [1.165, 1.54) is 0 Å². The molecule has 0 atom stereocenters. The molecule has 1 fully saturated rings. The highest BCUT2D eigenvalue weighted by Gasteiger charge is 2.51. The highest BCUT2D eigenvalue weighted by Crippen LogP contribution is 2.37. The number of pyridine rings is 1. The summed E-state index contributed by atoms with van der Waals surface area (Å²) in [6.07, 6.45) is 1.77. The molecule has 128 valence electrons. The molecular weight excluding hydrogens is 301 g/mol. The van der Waals surface area contributed by atoms with Crippen LogP contribution in [0.2, 0.25) is 0 Å². The van der Waals surface area contributed by atoms with Gasteiger partial charge >= 0.3 is 7.12 Å². The largest absolute Gasteiger partial charge is 0.494 e. The van der Waals surface area contributed by atoms with Crippen LogP contribution in [0.1, 0.15) is 58.6 Å². The molecule has 1 aromatic carbocycles. The normalized spacial score (nSPS) is 19.4. The van der Waals surface area contributed by atoms with Crippen LogP contribution in [0.4, 0.5) is 0 Å². The van der Waals surface area contributed by atoms with Crippen molar-refractivity contribution >= 4 is 23.5 Å². The van der Waals surface area contributed by atoms with E-state index in [2.05, 4.69) is 52.6 Å². The predicted molar refractivity (Wildman–Crippen MR) is 97.5 cm³/mol. The Bertz CT molecular complexity index is 755. The van der Waals surface area contributed by atoms with Gasteiger partial charge in [0.25, 0.3) is 0 Å². The zero-order chi connectivity index (χ0) is 17.7. The second-order valence-corrected chi connectivity index (χ2v) is 7.87. The summed E-state index contributed by atoms with van der Waals surface area (Å²) in [6.45, 7) is 12.5. The van der Waals surface area contributed by atoms with Crippen molar-refractivity contribution in [2.45, 2.75) is 65.3 Å². The van der Waals surface area contributed by atoms with Crippen LogP contribution in [0.3, 0.4) is 0 Å². The van der Waals surface area contributed by atoms with Crippen LogP contribution in [0.25, 0.3) is 10.9 Å². The van der Waals surface area contributed by atoms with E-state index in [0.717, 1.165) is 27.5 Å². The molecule has 4 nitrogen and oxygen atoms in total. The third-order valence-electron chi connectivity index (χ3n) is 5.29. The van der Waals surface area contributed by atoms with Gasteiger partial charge in [0.15, 0.2) is 0 Å². The molecule has 0 amide bonds. The van der Waals surface area contributed by atoms with Crippen LogP contribution in [-0.2, 0) is 15.9 Å². The van der Waals surface area contributed by atoms with Crippen molar-refractivity contribution in [3.8, 4) is 0 Å². The number of aliphatic hydroxyl groups excluding tert-OH is 1. The summed E-state index contributed by atoms with van der Waals surface area (Å²) in [5.41, 5.74) is 3.21. The number of hydrogen-bond acceptors (Lipinski definition) is 4. The third kappa shape index (κ3) is 2.75. The molecule has 0 spiro atoms. The molecule has 5 heteroatoms. The van der Waals surface area contributed by atoms with Gasteiger partial charge in [-0.2, -0.15) is 0 Å². The molecular formula is C19H26BNO3. The summed E-state index contributed by atoms with van der Waals surface area (Å²) in [5.74, 6) is 0.297. The molecule has 1 aliphatic rings. The summed E-state index contributed by atoms with van der Waals surface area (Å²) in [5, 5.41) is 10.7. The monoisotopic (exact) mass is 327 g/mol. The molecule has 2 aromatic rings. The molecule has 1 aromatic heterocycles. The van der Waals surface area contributed by atoms with E-state index in [4.69, 9.17) is 9.31 Å². The van der Waals surface area contributed by atoms with Crippen LogP contribution in [0, 0.1) is 0 Å². The Morgan fingerprint density at radius 1 is 1.12 bits per heavy atom. The van der Waals surface area contributed by atoms with Crippen molar-refractivity contribution in [3.05, 3.63) is 35.5 Å². The van der Waals surface area contributed by atoms with Crippen LogP contribution < -0.4 is 5.46 Å². The number of hydrogen-bond donors (Lipinski definition) is 1. The summed E-state index contributed by atoms with van der Waals surface area (Å²) in [7, 11) is -0.391. The topological polar surface area (TPSA) is 51.6 Å². The van der Waals surface area contributed by atoms with Gasteiger partial charge in [0.1, 0.15) is 0 Å². The van der Waals surface area contributed by atoms with E-state index >= 15 is 0 Å². The number of benzene rings is 1. The molecule has 3 rings (SSSR count). The zero-order valence-corrected chi connectivity index (χ0v) is 15.4. The fourth-order valence-electron chi connectivity index (χ4n) is 3.21. The molecule has 1 N–H and O–H groups in total. The number of aliphatic hydroxyl groups is 1. The average molecular weight is 327 g/mol. The number of rotatable bonds is 3. The lowest BCUT2D eigenvalue weighted by Gasteiger charge is -2.32. The van der Waals surface area contributed by atoms with E-state index in [-0.39, 0.29) is 17.8 Å². The lowest BCUT2D eigenvalue weighted by molar-refractivity contribution is 0.00578. The minimum absolute atomic E-state index is 0.00281. The molecule has 0 unspecified atom stereocenters. The van der Waals surface area contributed by atoms with Gasteiger partial charge in [-0.1, -0.05) is 26.0 Å². The first-order valence-electron chi connectivity index (χ1n) is 8.54. The number of nitrogens with zero attached hydrogens (tertiary/aromatic N) is 1. The number of aromatic nitrogens is 1. The maximum atomic E-state index is 9.66. The molecule has 24 heavy (non-hydrogen) atoms. The van der Waals surface area contributed by atoms with Crippen molar-refractivity contribution in [2.75, 3.05) is 0 Å². The predicted octanol–water partition coefficient (Wildman–Crippen LogP) is 3.15. The first-order valence-corrected chi connectivity index (χ1v) is 8.54. The molecule has 0 bridgehead atoms. The maximum absolute atomic E-state index is 9.66. The Morgan fingerprint density at radius 2 is 1.75 bits per heavy atom. The van der Waals surface area contributed by atoms with Crippen molar-refractivity contribution in [2.24, 2.45) is 0 Å². The molecule has 1 saturated heterocycles. The Labute approximate surface area is 144 Å². The van der Waals surface area contributed by atoms with Gasteiger partial charge in [-0.25, -0.2) is 0 Å². The first-order chi connectivity index (χ1) is 11.2. The molecule has 0 aliphatic carbocycles. The van der Waals surface area contributed by atoms with Crippen LogP contribution >= 0.6 is 0 Å². The average Bonchev–Trinajstić information content (AvgIpc) is 2.73. The van der Waals surface area contributed by atoms with Gasteiger partial charge in [0.05, 0.1) is 23.3 Å². The Morgan fingerprint density at radius 3 is 2.29 bits per heavy atom. The lowest BCUT2D eigenvalue weighted by atomic mass is 9.77. The minimum atomic E-state index is -0.391. The molecule has 2 heterocycles. The SMILES string of the molecule is CC(C)c1c(CO)cnc2ccc(B3OC(C)(C)C(C)(C)O3)cc12. The van der Waals surface area contributed by atoms with E-state index in [1.807, 2.05) is 12.1 Å². The summed E-state index contributed by atoms with van der Waals surface area (Å²) < 4.78 is 12.3. The van der Waals surface area contributed by atoms with E-state index in [9.17, 15) is 5.11 Å². The van der Waals surface area contributed by atoms with Gasteiger partial charge in [0.2, 0.25) is 0 Å². The molecule has 0 saturated carbocycles. The Hall–Kier alpha value is -1.43. The van der Waals surface area contributed by atoms with Gasteiger partial charge in [-0.05, 0) is 56.3 Å². The van der Waals surface area contributed by atoms with Gasteiger partial charge in [-0.3, -0.25) is 4.98 Å². The zero-order valence-electron chi connectivity index (χ0n) is 15.4. The van der Waals surface area contributed by atoms with Crippen LogP contribution in [0.5, 0.6) is 0 Å². The quantitative estimate of drug-likeness (QED) is 0.880. The Kier molecular flexibility index (Phi) is 4.23. The summed E-state index contributed by atoms with van der Waals surface area (Å²) in [6, 6.07) is 6.11. The summed E-state index contributed by atoms with van der Waals surface area (Å²) in [4.78, 5) is 4.48. The smallest absolute Gasteiger partial charge is 0.399 e. The molecule has 1 aliphatic heterocycles. The van der Waals surface area contributed by atoms with Crippen molar-refractivity contribution < 1.29 is 14.4 Å². The summed E-state index contributed by atoms with van der Waals surface area (Å²) >= 11 is 0. The second kappa shape index (κ2) is 5.83. The highest BCUT2D eigenvalue weighted by molar-refractivity contribution is 6.62. The Balaban J connectivity index is 2.10. The van der Waals surface area contributed by atoms with E-state index in [0.29, 0.717) is 5.92 Å². The van der Waals surface area contributed by atoms with Gasteiger partial charge in [-0.15, -0.1) is 0 Å². The van der Waals surface area contributed by atoms with Crippen molar-refractivity contribution in [3.63, 3.8) is 0 Å². The second-order valence-electron chi connectivity index (χ2n) is 7.87. The van der Waals surface area contributed by atoms with Crippen molar-refractivity contribution in [1.82, 2.24) is 4.98 Å². The first kappa shape index (κ1) is 17.4. The molecule has 0 radical (unpaired) electrons. The maximum Gasteiger partial charge on any atom is 0.494 e. The van der Waals surface area contributed by atoms with Crippen LogP contribution in [0.15, 0.2) is 24.4 Å². The lowest BCUT2D eigenvalue weighted by Crippen LogP contribution is -2.41. The standard InChI is InChI=1S/C19H26BNO3/c1-12(2)17-13(11-22)10-21-16-8-7-14(9-15(16)17)20-23-18(3,4)19(5,6)24-20/h7-10,12,22H,11H2,1-6H3. The highest BCUT2D eigenvalue weighted by atomic mass is 16.7. The third-order valence-corrected chi connectivity index (χ3v) is 5.29. The fourth-order valence-corrected chi connectivity index (χ4v) is 3.21. The van der Waals surface area contributed by atoms with Gasteiger partial charge in [0, 0.05) is 11.6 Å². The van der Waals surface area contributed by atoms with E-state index in [1.54, 1.807) is 6.20 Å². The number of fused-ring (bicyclic) bond motifs is 1. The fraction of sp³-hybridized carbons (Fsp3) is 0.526. The minimum Gasteiger partial charge on any atom is -0.399 e. The van der Waals surface area contributed by atoms with Crippen molar-refractivity contribution in [1.29, 1.82) is 0 Å². The van der Waals surface area contributed by atoms with E-state index < -0.39 is 7.12 Å². The van der Waals surface area contributed by atoms with Crippen LogP contribution in [-0.4, -0.2) is 28.4 Å². The van der Waals surface area contributed by atoms with Gasteiger partial charge < -0.3 is 14.4 Å².